The van der Waals surface area contributed by atoms with Gasteiger partial charge in [0.15, 0.2) is 6.61 Å². The fourth-order valence-corrected chi connectivity index (χ4v) is 3.17. The van der Waals surface area contributed by atoms with Crippen LogP contribution in [0.1, 0.15) is 9.67 Å². The van der Waals surface area contributed by atoms with Crippen molar-refractivity contribution in [2.75, 3.05) is 6.61 Å². The Morgan fingerprint density at radius 1 is 1.45 bits per heavy atom. The zero-order chi connectivity index (χ0) is 14.7. The Kier molecular flexibility index (Phi) is 4.74. The maximum Gasteiger partial charge on any atom is 0.271 e. The van der Waals surface area contributed by atoms with Crippen molar-refractivity contribution in [2.24, 2.45) is 0 Å². The van der Waals surface area contributed by atoms with E-state index in [4.69, 9.17) is 16.3 Å². The number of ether oxygens (including phenoxy) is 1. The van der Waals surface area contributed by atoms with Crippen LogP contribution in [-0.4, -0.2) is 17.3 Å². The van der Waals surface area contributed by atoms with Crippen LogP contribution < -0.4 is 4.74 Å². The van der Waals surface area contributed by atoms with Crippen LogP contribution >= 0.6 is 38.9 Å². The van der Waals surface area contributed by atoms with Gasteiger partial charge in [0, 0.05) is 16.6 Å². The average Bonchev–Trinajstić information content (AvgIpc) is 2.83. The summed E-state index contributed by atoms with van der Waals surface area (Å²) in [6.45, 7) is -0.184. The van der Waals surface area contributed by atoms with Gasteiger partial charge in [-0.1, -0.05) is 11.6 Å². The van der Waals surface area contributed by atoms with Gasteiger partial charge in [0.05, 0.1) is 14.8 Å². The van der Waals surface area contributed by atoms with Gasteiger partial charge in [0.25, 0.3) is 5.69 Å². The van der Waals surface area contributed by atoms with Gasteiger partial charge in [0.2, 0.25) is 5.78 Å². The van der Waals surface area contributed by atoms with E-state index >= 15 is 0 Å². The minimum atomic E-state index is -0.552. The van der Waals surface area contributed by atoms with Crippen molar-refractivity contribution in [3.63, 3.8) is 0 Å². The van der Waals surface area contributed by atoms with E-state index in [1.54, 1.807) is 11.4 Å². The average molecular weight is 377 g/mol. The third-order valence-electron chi connectivity index (χ3n) is 2.36. The first-order chi connectivity index (χ1) is 9.49. The van der Waals surface area contributed by atoms with E-state index in [-0.39, 0.29) is 28.8 Å². The number of carbonyl (C=O) groups is 1. The van der Waals surface area contributed by atoms with Gasteiger partial charge in [-0.25, -0.2) is 0 Å². The van der Waals surface area contributed by atoms with Crippen LogP contribution in [0.25, 0.3) is 0 Å². The molecule has 0 fully saturated rings. The minimum absolute atomic E-state index is 0.0947. The molecular formula is C12H7BrClNO4S. The van der Waals surface area contributed by atoms with Crippen molar-refractivity contribution in [3.05, 3.63) is 54.1 Å². The Bertz CT molecular complexity index is 673. The van der Waals surface area contributed by atoms with Crippen LogP contribution in [-0.2, 0) is 0 Å². The van der Waals surface area contributed by atoms with Gasteiger partial charge < -0.3 is 4.74 Å². The number of halogens is 2. The van der Waals surface area contributed by atoms with Crippen LogP contribution in [0.4, 0.5) is 5.69 Å². The number of thiophene rings is 1. The van der Waals surface area contributed by atoms with Crippen molar-refractivity contribution < 1.29 is 14.5 Å². The summed E-state index contributed by atoms with van der Waals surface area (Å²) in [6.07, 6.45) is 0. The smallest absolute Gasteiger partial charge is 0.271 e. The molecule has 2 rings (SSSR count). The zero-order valence-corrected chi connectivity index (χ0v) is 13.0. The molecular weight excluding hydrogens is 370 g/mol. The van der Waals surface area contributed by atoms with Gasteiger partial charge >= 0.3 is 0 Å². The number of carbonyl (C=O) groups excluding carboxylic acids is 1. The number of benzene rings is 1. The van der Waals surface area contributed by atoms with Crippen molar-refractivity contribution >= 4 is 50.3 Å². The predicted octanol–water partition coefficient (Wildman–Crippen LogP) is 4.33. The molecule has 0 saturated heterocycles. The van der Waals surface area contributed by atoms with Crippen LogP contribution in [0.5, 0.6) is 5.75 Å². The highest BCUT2D eigenvalue weighted by Gasteiger charge is 2.15. The van der Waals surface area contributed by atoms with Crippen LogP contribution in [0, 0.1) is 10.1 Å². The molecule has 1 aromatic carbocycles. The molecule has 0 saturated carbocycles. The molecule has 104 valence electrons. The summed E-state index contributed by atoms with van der Waals surface area (Å²) in [5.41, 5.74) is -0.130. The number of nitro benzene ring substituents is 1. The van der Waals surface area contributed by atoms with Crippen molar-refractivity contribution in [3.8, 4) is 5.75 Å². The largest absolute Gasteiger partial charge is 0.484 e. The number of hydrogen-bond donors (Lipinski definition) is 0. The van der Waals surface area contributed by atoms with E-state index in [1.807, 2.05) is 0 Å². The first-order valence-electron chi connectivity index (χ1n) is 5.32. The van der Waals surface area contributed by atoms with Crippen molar-refractivity contribution in [1.29, 1.82) is 0 Å². The summed E-state index contributed by atoms with van der Waals surface area (Å²) in [5.74, 6) is 0.0413. The number of rotatable bonds is 5. The molecule has 0 aliphatic rings. The molecule has 8 heteroatoms. The van der Waals surface area contributed by atoms with Crippen molar-refractivity contribution in [2.45, 2.75) is 0 Å². The number of non-ortho nitro benzene ring substituents is 1. The summed E-state index contributed by atoms with van der Waals surface area (Å²) in [5, 5.41) is 12.5. The molecule has 0 unspecified atom stereocenters. The molecule has 0 aliphatic heterocycles. The third-order valence-corrected chi connectivity index (χ3v) is 4.53. The molecule has 0 aliphatic carbocycles. The Morgan fingerprint density at radius 2 is 2.20 bits per heavy atom. The molecule has 2 aromatic rings. The van der Waals surface area contributed by atoms with E-state index in [9.17, 15) is 14.9 Å². The quantitative estimate of drug-likeness (QED) is 0.442. The maximum absolute atomic E-state index is 11.9. The first-order valence-corrected chi connectivity index (χ1v) is 7.37. The number of Topliss-reactive ketones (excluding diaryl/α,β-unsaturated/α-hetero) is 1. The highest BCUT2D eigenvalue weighted by molar-refractivity contribution is 9.10. The molecule has 0 spiro atoms. The minimum Gasteiger partial charge on any atom is -0.484 e. The van der Waals surface area contributed by atoms with E-state index < -0.39 is 4.92 Å². The second-order valence-electron chi connectivity index (χ2n) is 3.68. The lowest BCUT2D eigenvalue weighted by molar-refractivity contribution is -0.384. The van der Waals surface area contributed by atoms with Crippen LogP contribution in [0.3, 0.4) is 0 Å². The summed E-state index contributed by atoms with van der Waals surface area (Å²) in [4.78, 5) is 22.5. The normalized spacial score (nSPS) is 10.3. The summed E-state index contributed by atoms with van der Waals surface area (Å²) in [7, 11) is 0. The molecule has 5 nitrogen and oxygen atoms in total. The lowest BCUT2D eigenvalue weighted by atomic mass is 10.3. The summed E-state index contributed by atoms with van der Waals surface area (Å²) >= 11 is 10.4. The van der Waals surface area contributed by atoms with Gasteiger partial charge in [-0.15, -0.1) is 11.3 Å². The first kappa shape index (κ1) is 15.0. The topological polar surface area (TPSA) is 69.4 Å². The van der Waals surface area contributed by atoms with Crippen LogP contribution in [0.2, 0.25) is 5.02 Å². The molecule has 0 atom stereocenters. The third kappa shape index (κ3) is 3.36. The Balaban J connectivity index is 2.06. The zero-order valence-electron chi connectivity index (χ0n) is 9.84. The molecule has 0 N–H and O–H groups in total. The fraction of sp³-hybridized carbons (Fsp3) is 0.0833. The van der Waals surface area contributed by atoms with E-state index in [2.05, 4.69) is 15.9 Å². The number of nitro groups is 1. The summed E-state index contributed by atoms with van der Waals surface area (Å²) < 4.78 is 6.01. The van der Waals surface area contributed by atoms with Gasteiger partial charge in [-0.05, 0) is 33.4 Å². The highest BCUT2D eigenvalue weighted by Crippen LogP contribution is 2.29. The second kappa shape index (κ2) is 6.34. The van der Waals surface area contributed by atoms with E-state index in [0.29, 0.717) is 9.35 Å². The van der Waals surface area contributed by atoms with Gasteiger partial charge in [-0.3, -0.25) is 14.9 Å². The monoisotopic (exact) mass is 375 g/mol. The highest BCUT2D eigenvalue weighted by atomic mass is 79.9. The van der Waals surface area contributed by atoms with Crippen molar-refractivity contribution in [1.82, 2.24) is 0 Å². The number of ketones is 1. The molecule has 20 heavy (non-hydrogen) atoms. The van der Waals surface area contributed by atoms with E-state index in [1.165, 1.54) is 29.5 Å². The van der Waals surface area contributed by atoms with E-state index in [0.717, 1.165) is 0 Å². The fourth-order valence-electron chi connectivity index (χ4n) is 1.42. The standard InChI is InChI=1S/C12H7BrClNO4S/c13-8-3-4-20-12(8)10(16)6-19-11-2-1-7(15(17)18)5-9(11)14/h1-5H,6H2. The number of hydrogen-bond acceptors (Lipinski definition) is 5. The lowest BCUT2D eigenvalue weighted by Crippen LogP contribution is -2.10. The molecule has 0 radical (unpaired) electrons. The van der Waals surface area contributed by atoms with Gasteiger partial charge in [-0.2, -0.15) is 0 Å². The Labute approximate surface area is 131 Å². The summed E-state index contributed by atoms with van der Waals surface area (Å²) in [6, 6.07) is 5.60. The lowest BCUT2D eigenvalue weighted by Gasteiger charge is -2.06. The second-order valence-corrected chi connectivity index (χ2v) is 5.86. The van der Waals surface area contributed by atoms with Gasteiger partial charge in [0.1, 0.15) is 5.75 Å². The Hall–Kier alpha value is -1.44. The predicted molar refractivity (Wildman–Crippen MR) is 80.0 cm³/mol. The molecule has 0 bridgehead atoms. The van der Waals surface area contributed by atoms with Crippen LogP contribution in [0.15, 0.2) is 34.1 Å². The number of nitrogens with zero attached hydrogens (tertiary/aromatic N) is 1. The maximum atomic E-state index is 11.9. The SMILES string of the molecule is O=C(COc1ccc([N+](=O)[O-])cc1Cl)c1sccc1Br. The molecule has 0 amide bonds. The molecule has 1 heterocycles. The molecule has 1 aromatic heterocycles. The Morgan fingerprint density at radius 3 is 2.75 bits per heavy atom.